The summed E-state index contributed by atoms with van der Waals surface area (Å²) in [7, 11) is 1.98. The van der Waals surface area contributed by atoms with Crippen molar-refractivity contribution < 1.29 is 4.79 Å². The first-order valence-corrected chi connectivity index (χ1v) is 3.76. The summed E-state index contributed by atoms with van der Waals surface area (Å²) < 4.78 is 0. The fraction of sp³-hybridized carbons (Fsp3) is 0.875. The highest BCUT2D eigenvalue weighted by molar-refractivity contribution is 5.72. The van der Waals surface area contributed by atoms with E-state index in [-0.39, 0.29) is 5.78 Å². The predicted molar refractivity (Wildman–Crippen MR) is 45.2 cm³/mol. The van der Waals surface area contributed by atoms with Crippen LogP contribution in [0.15, 0.2) is 0 Å². The molecule has 0 atom stereocenters. The Bertz CT molecular complexity index is 63.7. The first-order valence-electron chi connectivity index (χ1n) is 3.76. The molecule has 0 aliphatic carbocycles. The number of ketones is 1. The Morgan fingerprint density at radius 1 is 1.40 bits per heavy atom. The maximum absolute atomic E-state index is 9.44. The zero-order chi connectivity index (χ0) is 8.41. The number of hydrogen-bond donors (Lipinski definition) is 1. The van der Waals surface area contributed by atoms with Gasteiger partial charge in [-0.2, -0.15) is 0 Å². The molecule has 0 spiro atoms. The quantitative estimate of drug-likeness (QED) is 0.611. The Kier molecular flexibility index (Phi) is 14.1. The van der Waals surface area contributed by atoms with Crippen molar-refractivity contribution in [1.29, 1.82) is 0 Å². The lowest BCUT2D eigenvalue weighted by molar-refractivity contribution is -0.114. The van der Waals surface area contributed by atoms with E-state index in [2.05, 4.69) is 12.2 Å². The van der Waals surface area contributed by atoms with Crippen molar-refractivity contribution in [3.05, 3.63) is 0 Å². The van der Waals surface area contributed by atoms with Gasteiger partial charge in [0.25, 0.3) is 0 Å². The molecule has 0 radical (unpaired) electrons. The van der Waals surface area contributed by atoms with Crippen molar-refractivity contribution in [3.63, 3.8) is 0 Å². The predicted octanol–water partition coefficient (Wildman–Crippen LogP) is 1.60. The summed E-state index contributed by atoms with van der Waals surface area (Å²) in [5, 5.41) is 3.07. The monoisotopic (exact) mass is 145 g/mol. The molecule has 1 N–H and O–H groups in total. The fourth-order valence-electron chi connectivity index (χ4n) is 0.354. The Morgan fingerprint density at radius 3 is 1.90 bits per heavy atom. The van der Waals surface area contributed by atoms with Crippen LogP contribution in [0.2, 0.25) is 0 Å². The van der Waals surface area contributed by atoms with E-state index in [4.69, 9.17) is 0 Å². The summed E-state index contributed by atoms with van der Waals surface area (Å²) in [5.74, 6) is 0.167. The zero-order valence-corrected chi connectivity index (χ0v) is 7.53. The number of Topliss-reactive ketones (excluding diaryl/α,β-unsaturated/α-hetero) is 1. The van der Waals surface area contributed by atoms with Gasteiger partial charge in [0.1, 0.15) is 5.78 Å². The van der Waals surface area contributed by atoms with E-state index < -0.39 is 0 Å². The van der Waals surface area contributed by atoms with Gasteiger partial charge in [0.2, 0.25) is 0 Å². The van der Waals surface area contributed by atoms with Crippen LogP contribution in [-0.2, 0) is 4.79 Å². The number of hydrogen-bond acceptors (Lipinski definition) is 2. The molecule has 0 aliphatic heterocycles. The van der Waals surface area contributed by atoms with Crippen LogP contribution < -0.4 is 5.32 Å². The second kappa shape index (κ2) is 11.4. The van der Waals surface area contributed by atoms with Gasteiger partial charge in [-0.15, -0.1) is 0 Å². The molecule has 0 amide bonds. The maximum atomic E-state index is 9.44. The van der Waals surface area contributed by atoms with Gasteiger partial charge in [0, 0.05) is 0 Å². The minimum atomic E-state index is 0.167. The van der Waals surface area contributed by atoms with Crippen molar-refractivity contribution >= 4 is 5.78 Å². The first kappa shape index (κ1) is 12.3. The molecular formula is C8H19NO. The van der Waals surface area contributed by atoms with Crippen LogP contribution >= 0.6 is 0 Å². The third kappa shape index (κ3) is 48.5. The third-order valence-electron chi connectivity index (χ3n) is 0.780. The number of rotatable bonds is 3. The van der Waals surface area contributed by atoms with Crippen molar-refractivity contribution in [1.82, 2.24) is 5.32 Å². The highest BCUT2D eigenvalue weighted by atomic mass is 16.1. The van der Waals surface area contributed by atoms with Gasteiger partial charge < -0.3 is 10.1 Å². The van der Waals surface area contributed by atoms with Crippen LogP contribution in [0, 0.1) is 0 Å². The van der Waals surface area contributed by atoms with Crippen LogP contribution in [0.25, 0.3) is 0 Å². The maximum Gasteiger partial charge on any atom is 0.126 e. The average Bonchev–Trinajstić information content (AvgIpc) is 1.82. The van der Waals surface area contributed by atoms with E-state index >= 15 is 0 Å². The molecule has 10 heavy (non-hydrogen) atoms. The summed E-state index contributed by atoms with van der Waals surface area (Å²) in [6, 6.07) is 0. The summed E-state index contributed by atoms with van der Waals surface area (Å²) in [4.78, 5) is 9.44. The molecule has 0 aromatic rings. The van der Waals surface area contributed by atoms with E-state index in [1.807, 2.05) is 7.05 Å². The van der Waals surface area contributed by atoms with Crippen LogP contribution in [0.3, 0.4) is 0 Å². The molecule has 0 fully saturated rings. The van der Waals surface area contributed by atoms with Crippen molar-refractivity contribution in [2.45, 2.75) is 33.6 Å². The Hall–Kier alpha value is -0.370. The topological polar surface area (TPSA) is 29.1 Å². The molecule has 0 aromatic heterocycles. The normalized spacial score (nSPS) is 8.00. The van der Waals surface area contributed by atoms with Crippen LogP contribution in [0.5, 0.6) is 0 Å². The van der Waals surface area contributed by atoms with Gasteiger partial charge in [-0.1, -0.05) is 13.3 Å². The lowest BCUT2D eigenvalue weighted by Gasteiger charge is -1.89. The molecule has 2 heteroatoms. The number of carbonyl (C=O) groups is 1. The van der Waals surface area contributed by atoms with E-state index in [0.29, 0.717) is 0 Å². The summed E-state index contributed by atoms with van der Waals surface area (Å²) >= 11 is 0. The third-order valence-corrected chi connectivity index (χ3v) is 0.780. The summed E-state index contributed by atoms with van der Waals surface area (Å²) in [5.41, 5.74) is 0. The van der Waals surface area contributed by atoms with Gasteiger partial charge in [0.05, 0.1) is 0 Å². The molecular weight excluding hydrogens is 126 g/mol. The number of carbonyl (C=O) groups excluding carboxylic acids is 1. The van der Waals surface area contributed by atoms with Crippen LogP contribution in [-0.4, -0.2) is 19.4 Å². The molecule has 0 bridgehead atoms. The van der Waals surface area contributed by atoms with Gasteiger partial charge in [-0.25, -0.2) is 0 Å². The lowest BCUT2D eigenvalue weighted by Crippen LogP contribution is -2.06. The van der Waals surface area contributed by atoms with E-state index in [1.54, 1.807) is 0 Å². The number of unbranched alkanes of at least 4 members (excludes halogenated alkanes) is 1. The van der Waals surface area contributed by atoms with Crippen molar-refractivity contribution in [3.8, 4) is 0 Å². The SMILES string of the molecule is CC(C)=O.CCCCNC. The lowest BCUT2D eigenvalue weighted by atomic mass is 10.3. The summed E-state index contributed by atoms with van der Waals surface area (Å²) in [6.45, 7) is 6.41. The molecule has 0 rings (SSSR count). The Balaban J connectivity index is 0. The Labute approximate surface area is 64.0 Å². The van der Waals surface area contributed by atoms with Crippen LogP contribution in [0.4, 0.5) is 0 Å². The highest BCUT2D eigenvalue weighted by Gasteiger charge is 1.73. The zero-order valence-electron chi connectivity index (χ0n) is 7.53. The molecule has 0 saturated carbocycles. The molecule has 0 aromatic carbocycles. The Morgan fingerprint density at radius 2 is 1.80 bits per heavy atom. The van der Waals surface area contributed by atoms with Crippen molar-refractivity contribution in [2.24, 2.45) is 0 Å². The molecule has 0 unspecified atom stereocenters. The largest absolute Gasteiger partial charge is 0.320 e. The van der Waals surface area contributed by atoms with E-state index in [9.17, 15) is 4.79 Å². The fourth-order valence-corrected chi connectivity index (χ4v) is 0.354. The second-order valence-electron chi connectivity index (χ2n) is 2.37. The standard InChI is InChI=1S/C5H13N.C3H6O/c1-3-4-5-6-2;1-3(2)4/h6H,3-5H2,1-2H3;1-2H3. The molecule has 62 valence electrons. The molecule has 0 heterocycles. The van der Waals surface area contributed by atoms with Gasteiger partial charge in [-0.3, -0.25) is 0 Å². The average molecular weight is 145 g/mol. The minimum Gasteiger partial charge on any atom is -0.320 e. The molecule has 2 nitrogen and oxygen atoms in total. The van der Waals surface area contributed by atoms with E-state index in [1.165, 1.54) is 26.7 Å². The van der Waals surface area contributed by atoms with Crippen molar-refractivity contribution in [2.75, 3.05) is 13.6 Å². The van der Waals surface area contributed by atoms with Crippen LogP contribution in [0.1, 0.15) is 33.6 Å². The summed E-state index contributed by atoms with van der Waals surface area (Å²) in [6.07, 6.45) is 2.59. The van der Waals surface area contributed by atoms with E-state index in [0.717, 1.165) is 6.54 Å². The molecule has 0 saturated heterocycles. The molecule has 0 aliphatic rings. The minimum absolute atomic E-state index is 0.167. The second-order valence-corrected chi connectivity index (χ2v) is 2.37. The number of nitrogens with one attached hydrogen (secondary N) is 1. The first-order chi connectivity index (χ1) is 4.65. The van der Waals surface area contributed by atoms with Gasteiger partial charge >= 0.3 is 0 Å². The highest BCUT2D eigenvalue weighted by Crippen LogP contribution is 1.79. The van der Waals surface area contributed by atoms with Gasteiger partial charge in [0.15, 0.2) is 0 Å². The smallest absolute Gasteiger partial charge is 0.126 e. The van der Waals surface area contributed by atoms with Gasteiger partial charge in [-0.05, 0) is 33.9 Å².